The van der Waals surface area contributed by atoms with Gasteiger partial charge in [0.1, 0.15) is 5.75 Å². The van der Waals surface area contributed by atoms with E-state index in [0.29, 0.717) is 17.1 Å². The first kappa shape index (κ1) is 13.8. The zero-order chi connectivity index (χ0) is 13.0. The molecule has 94 valence electrons. The van der Waals surface area contributed by atoms with E-state index in [2.05, 4.69) is 0 Å². The van der Waals surface area contributed by atoms with E-state index in [1.807, 2.05) is 18.7 Å². The predicted molar refractivity (Wildman–Crippen MR) is 67.9 cm³/mol. The molecule has 0 aliphatic carbocycles. The number of aromatic hydroxyl groups is 1. The predicted octanol–water partition coefficient (Wildman–Crippen LogP) is 1.74. The molecule has 3 N–H and O–H groups in total. The summed E-state index contributed by atoms with van der Waals surface area (Å²) in [6.45, 7) is 4.45. The van der Waals surface area contributed by atoms with Gasteiger partial charge in [0.05, 0.1) is 6.54 Å². The zero-order valence-corrected chi connectivity index (χ0v) is 10.7. The van der Waals surface area contributed by atoms with Crippen LogP contribution in [-0.4, -0.2) is 28.5 Å². The van der Waals surface area contributed by atoms with Gasteiger partial charge in [-0.2, -0.15) is 0 Å². The average molecular weight is 257 g/mol. The van der Waals surface area contributed by atoms with Crippen molar-refractivity contribution in [2.75, 3.05) is 6.54 Å². The van der Waals surface area contributed by atoms with Crippen molar-refractivity contribution >= 4 is 17.5 Å². The molecule has 1 rings (SSSR count). The Morgan fingerprint density at radius 1 is 1.53 bits per heavy atom. The number of nitrogens with two attached hydrogens (primary N) is 1. The maximum atomic E-state index is 11.0. The fraction of sp³-hybridized carbons (Fsp3) is 0.417. The van der Waals surface area contributed by atoms with Crippen LogP contribution in [0.2, 0.25) is 5.02 Å². The van der Waals surface area contributed by atoms with Gasteiger partial charge in [-0.3, -0.25) is 9.69 Å². The second-order valence-electron chi connectivity index (χ2n) is 4.20. The smallest absolute Gasteiger partial charge is 0.231 e. The van der Waals surface area contributed by atoms with E-state index < -0.39 is 5.91 Å². The van der Waals surface area contributed by atoms with Gasteiger partial charge in [0, 0.05) is 23.2 Å². The summed E-state index contributed by atoms with van der Waals surface area (Å²) in [5.41, 5.74) is 5.80. The molecule has 0 bridgehead atoms. The van der Waals surface area contributed by atoms with Crippen molar-refractivity contribution in [3.05, 3.63) is 28.8 Å². The Hall–Kier alpha value is -1.26. The summed E-state index contributed by atoms with van der Waals surface area (Å²) in [4.78, 5) is 12.8. The van der Waals surface area contributed by atoms with Crippen LogP contribution in [0.15, 0.2) is 18.2 Å². The van der Waals surface area contributed by atoms with Crippen LogP contribution in [0, 0.1) is 0 Å². The fourth-order valence-electron chi connectivity index (χ4n) is 1.53. The number of primary amides is 1. The molecule has 5 heteroatoms. The Balaban J connectivity index is 2.89. The molecule has 0 aliphatic heterocycles. The number of benzene rings is 1. The number of carbonyl (C=O) groups is 1. The van der Waals surface area contributed by atoms with E-state index in [0.717, 1.165) is 0 Å². The Kier molecular flexibility index (Phi) is 4.78. The Morgan fingerprint density at radius 2 is 2.18 bits per heavy atom. The number of nitrogens with zero attached hydrogens (tertiary/aromatic N) is 1. The molecule has 0 spiro atoms. The standard InChI is InChI=1S/C12H17ClN2O2/c1-8(2)15(7-12(14)17)6-9-10(13)4-3-5-11(9)16/h3-5,8,16H,6-7H2,1-2H3,(H2,14,17). The number of hydrogen-bond acceptors (Lipinski definition) is 3. The van der Waals surface area contributed by atoms with Crippen molar-refractivity contribution in [3.63, 3.8) is 0 Å². The Morgan fingerprint density at radius 3 is 2.65 bits per heavy atom. The highest BCUT2D eigenvalue weighted by Gasteiger charge is 2.16. The van der Waals surface area contributed by atoms with Crippen molar-refractivity contribution in [1.82, 2.24) is 4.90 Å². The lowest BCUT2D eigenvalue weighted by Crippen LogP contribution is -2.38. The topological polar surface area (TPSA) is 66.6 Å². The van der Waals surface area contributed by atoms with Crippen LogP contribution in [-0.2, 0) is 11.3 Å². The van der Waals surface area contributed by atoms with Crippen LogP contribution in [0.4, 0.5) is 0 Å². The molecule has 17 heavy (non-hydrogen) atoms. The largest absolute Gasteiger partial charge is 0.508 e. The molecular formula is C12H17ClN2O2. The lowest BCUT2D eigenvalue weighted by atomic mass is 10.1. The zero-order valence-electron chi connectivity index (χ0n) is 9.98. The van der Waals surface area contributed by atoms with Gasteiger partial charge in [-0.15, -0.1) is 0 Å². The molecule has 0 fully saturated rings. The summed E-state index contributed by atoms with van der Waals surface area (Å²) in [6, 6.07) is 5.09. The second-order valence-corrected chi connectivity index (χ2v) is 4.61. The van der Waals surface area contributed by atoms with Gasteiger partial charge in [-0.25, -0.2) is 0 Å². The molecule has 0 saturated carbocycles. The molecule has 0 atom stereocenters. The maximum Gasteiger partial charge on any atom is 0.231 e. The number of phenolic OH excluding ortho intramolecular Hbond substituents is 1. The lowest BCUT2D eigenvalue weighted by Gasteiger charge is -2.25. The highest BCUT2D eigenvalue weighted by Crippen LogP contribution is 2.27. The minimum absolute atomic E-state index is 0.132. The quantitative estimate of drug-likeness (QED) is 0.843. The number of hydrogen-bond donors (Lipinski definition) is 2. The lowest BCUT2D eigenvalue weighted by molar-refractivity contribution is -0.119. The molecule has 0 saturated heterocycles. The van der Waals surface area contributed by atoms with Crippen molar-refractivity contribution in [3.8, 4) is 5.75 Å². The minimum atomic E-state index is -0.398. The molecule has 1 amide bonds. The number of amides is 1. The molecule has 0 radical (unpaired) electrons. The molecule has 0 aliphatic rings. The van der Waals surface area contributed by atoms with Gasteiger partial charge >= 0.3 is 0 Å². The van der Waals surface area contributed by atoms with Gasteiger partial charge in [0.25, 0.3) is 0 Å². The Bertz CT molecular complexity index is 387. The molecule has 0 aromatic heterocycles. The van der Waals surface area contributed by atoms with E-state index in [9.17, 15) is 9.90 Å². The summed E-state index contributed by atoms with van der Waals surface area (Å²) in [6.07, 6.45) is 0. The molecule has 1 aromatic carbocycles. The first-order valence-corrected chi connectivity index (χ1v) is 5.78. The maximum absolute atomic E-state index is 11.0. The highest BCUT2D eigenvalue weighted by atomic mass is 35.5. The molecule has 4 nitrogen and oxygen atoms in total. The molecule has 1 aromatic rings. The first-order chi connectivity index (χ1) is 7.91. The van der Waals surface area contributed by atoms with E-state index in [-0.39, 0.29) is 18.3 Å². The van der Waals surface area contributed by atoms with Crippen LogP contribution in [0.5, 0.6) is 5.75 Å². The van der Waals surface area contributed by atoms with Crippen molar-refractivity contribution in [1.29, 1.82) is 0 Å². The van der Waals surface area contributed by atoms with Crippen LogP contribution in [0.25, 0.3) is 0 Å². The SMILES string of the molecule is CC(C)N(CC(N)=O)Cc1c(O)cccc1Cl. The van der Waals surface area contributed by atoms with E-state index in [1.54, 1.807) is 18.2 Å². The van der Waals surface area contributed by atoms with E-state index >= 15 is 0 Å². The van der Waals surface area contributed by atoms with Gasteiger partial charge in [-0.05, 0) is 26.0 Å². The van der Waals surface area contributed by atoms with Crippen molar-refractivity contribution in [2.24, 2.45) is 5.73 Å². The van der Waals surface area contributed by atoms with E-state index in [4.69, 9.17) is 17.3 Å². The minimum Gasteiger partial charge on any atom is -0.508 e. The van der Waals surface area contributed by atoms with Gasteiger partial charge in [0.15, 0.2) is 0 Å². The van der Waals surface area contributed by atoms with Crippen molar-refractivity contribution in [2.45, 2.75) is 26.4 Å². The third kappa shape index (κ3) is 3.91. The van der Waals surface area contributed by atoms with Crippen molar-refractivity contribution < 1.29 is 9.90 Å². The normalized spacial score (nSPS) is 11.1. The number of phenols is 1. The third-order valence-corrected chi connectivity index (χ3v) is 2.90. The summed E-state index contributed by atoms with van der Waals surface area (Å²) in [7, 11) is 0. The monoisotopic (exact) mass is 256 g/mol. The van der Waals surface area contributed by atoms with Crippen LogP contribution in [0.1, 0.15) is 19.4 Å². The summed E-state index contributed by atoms with van der Waals surface area (Å²) >= 11 is 6.01. The first-order valence-electron chi connectivity index (χ1n) is 5.40. The molecule has 0 heterocycles. The van der Waals surface area contributed by atoms with Crippen LogP contribution >= 0.6 is 11.6 Å². The summed E-state index contributed by atoms with van der Waals surface area (Å²) in [5.74, 6) is -0.266. The second kappa shape index (κ2) is 5.89. The molecule has 0 unspecified atom stereocenters. The third-order valence-electron chi connectivity index (χ3n) is 2.54. The van der Waals surface area contributed by atoms with Crippen LogP contribution < -0.4 is 5.73 Å². The van der Waals surface area contributed by atoms with Gasteiger partial charge in [-0.1, -0.05) is 17.7 Å². The summed E-state index contributed by atoms with van der Waals surface area (Å²) < 4.78 is 0. The molecular weight excluding hydrogens is 240 g/mol. The number of halogens is 1. The Labute approximate surface area is 106 Å². The number of rotatable bonds is 5. The van der Waals surface area contributed by atoms with Gasteiger partial charge < -0.3 is 10.8 Å². The van der Waals surface area contributed by atoms with Gasteiger partial charge in [0.2, 0.25) is 5.91 Å². The van der Waals surface area contributed by atoms with Crippen LogP contribution in [0.3, 0.4) is 0 Å². The van der Waals surface area contributed by atoms with E-state index in [1.165, 1.54) is 0 Å². The highest BCUT2D eigenvalue weighted by molar-refractivity contribution is 6.31. The number of carbonyl (C=O) groups excluding carboxylic acids is 1. The fourth-order valence-corrected chi connectivity index (χ4v) is 1.76. The summed E-state index contributed by atoms with van der Waals surface area (Å²) in [5, 5.41) is 10.2. The average Bonchev–Trinajstić information content (AvgIpc) is 2.21.